The zero-order valence-corrected chi connectivity index (χ0v) is 11.8. The van der Waals surface area contributed by atoms with Gasteiger partial charge in [-0.2, -0.15) is 0 Å². The summed E-state index contributed by atoms with van der Waals surface area (Å²) in [5.41, 5.74) is 0.382. The Kier molecular flexibility index (Phi) is 2.94. The monoisotopic (exact) mass is 310 g/mol. The van der Waals surface area contributed by atoms with Crippen LogP contribution in [0.1, 0.15) is 36.5 Å². The molecule has 0 N–H and O–H groups in total. The third-order valence-electron chi connectivity index (χ3n) is 3.65. The summed E-state index contributed by atoms with van der Waals surface area (Å²) in [6.07, 6.45) is 2.37. The standard InChI is InChI=1S/C14H15BrO3/c1-2-17-10-6-14(7-10)8-12(16)11-5-9(15)3-4-13(11)18-14/h3-5,10H,2,6-8H2,1H3. The van der Waals surface area contributed by atoms with E-state index in [1.54, 1.807) is 0 Å². The summed E-state index contributed by atoms with van der Waals surface area (Å²) in [7, 11) is 0. The van der Waals surface area contributed by atoms with Crippen LogP contribution < -0.4 is 4.74 Å². The van der Waals surface area contributed by atoms with Crippen molar-refractivity contribution in [1.29, 1.82) is 0 Å². The molecule has 1 aromatic carbocycles. The third kappa shape index (κ3) is 1.97. The topological polar surface area (TPSA) is 35.5 Å². The molecule has 3 nitrogen and oxygen atoms in total. The molecule has 1 aliphatic heterocycles. The van der Waals surface area contributed by atoms with Gasteiger partial charge in [-0.05, 0) is 25.1 Å². The van der Waals surface area contributed by atoms with Gasteiger partial charge >= 0.3 is 0 Å². The number of hydrogen-bond acceptors (Lipinski definition) is 3. The summed E-state index contributed by atoms with van der Waals surface area (Å²) >= 11 is 3.38. The Labute approximate surface area is 115 Å². The second-order valence-corrected chi connectivity index (χ2v) is 5.93. The number of ether oxygens (including phenoxy) is 2. The van der Waals surface area contributed by atoms with E-state index in [1.165, 1.54) is 0 Å². The average molecular weight is 311 g/mol. The maximum atomic E-state index is 12.2. The Morgan fingerprint density at radius 3 is 3.00 bits per heavy atom. The first-order chi connectivity index (χ1) is 8.62. The van der Waals surface area contributed by atoms with E-state index in [9.17, 15) is 4.79 Å². The molecule has 1 aromatic rings. The van der Waals surface area contributed by atoms with E-state index < -0.39 is 0 Å². The molecule has 2 aliphatic rings. The van der Waals surface area contributed by atoms with E-state index in [1.807, 2.05) is 25.1 Å². The Morgan fingerprint density at radius 1 is 1.50 bits per heavy atom. The zero-order chi connectivity index (χ0) is 12.8. The number of benzene rings is 1. The number of fused-ring (bicyclic) bond motifs is 1. The summed E-state index contributed by atoms with van der Waals surface area (Å²) in [6.45, 7) is 2.71. The fourth-order valence-electron chi connectivity index (χ4n) is 2.82. The Balaban J connectivity index is 1.81. The van der Waals surface area contributed by atoms with Gasteiger partial charge in [-0.3, -0.25) is 4.79 Å². The number of halogens is 1. The molecule has 0 saturated heterocycles. The molecule has 18 heavy (non-hydrogen) atoms. The van der Waals surface area contributed by atoms with Crippen LogP contribution in [0.3, 0.4) is 0 Å². The van der Waals surface area contributed by atoms with E-state index in [0.29, 0.717) is 17.7 Å². The summed E-state index contributed by atoms with van der Waals surface area (Å²) in [6, 6.07) is 5.61. The molecule has 1 aliphatic carbocycles. The number of carbonyl (C=O) groups is 1. The van der Waals surface area contributed by atoms with Crippen molar-refractivity contribution in [3.05, 3.63) is 28.2 Å². The molecule has 96 valence electrons. The average Bonchev–Trinajstić information content (AvgIpc) is 2.29. The highest BCUT2D eigenvalue weighted by atomic mass is 79.9. The molecule has 1 spiro atoms. The number of hydrogen-bond donors (Lipinski definition) is 0. The normalized spacial score (nSPS) is 29.7. The molecule has 0 aromatic heterocycles. The van der Waals surface area contributed by atoms with Gasteiger partial charge in [0.05, 0.1) is 18.1 Å². The van der Waals surface area contributed by atoms with Crippen LogP contribution in [0.25, 0.3) is 0 Å². The van der Waals surface area contributed by atoms with E-state index in [2.05, 4.69) is 15.9 Å². The number of ketones is 1. The number of carbonyl (C=O) groups excluding carboxylic acids is 1. The Morgan fingerprint density at radius 2 is 2.28 bits per heavy atom. The van der Waals surface area contributed by atoms with Crippen molar-refractivity contribution in [2.75, 3.05) is 6.61 Å². The first kappa shape index (κ1) is 12.2. The van der Waals surface area contributed by atoms with Gasteiger partial charge in [0, 0.05) is 23.9 Å². The highest BCUT2D eigenvalue weighted by Crippen LogP contribution is 2.46. The van der Waals surface area contributed by atoms with E-state index in [-0.39, 0.29) is 17.5 Å². The molecule has 0 radical (unpaired) electrons. The fourth-order valence-corrected chi connectivity index (χ4v) is 3.18. The molecule has 0 bridgehead atoms. The van der Waals surface area contributed by atoms with Crippen LogP contribution in [-0.2, 0) is 4.74 Å². The number of Topliss-reactive ketones (excluding diaryl/α,β-unsaturated/α-hetero) is 1. The number of rotatable bonds is 2. The van der Waals surface area contributed by atoms with Crippen molar-refractivity contribution in [2.45, 2.75) is 37.9 Å². The van der Waals surface area contributed by atoms with Crippen LogP contribution in [0, 0.1) is 0 Å². The molecule has 1 fully saturated rings. The predicted molar refractivity (Wildman–Crippen MR) is 71.1 cm³/mol. The van der Waals surface area contributed by atoms with Crippen LogP contribution in [0.15, 0.2) is 22.7 Å². The van der Waals surface area contributed by atoms with Gasteiger partial charge in [-0.15, -0.1) is 0 Å². The Bertz CT molecular complexity index is 492. The van der Waals surface area contributed by atoms with Crippen LogP contribution in [0.2, 0.25) is 0 Å². The third-order valence-corrected chi connectivity index (χ3v) is 4.15. The highest BCUT2D eigenvalue weighted by Gasteiger charge is 2.51. The summed E-state index contributed by atoms with van der Waals surface area (Å²) < 4.78 is 12.5. The van der Waals surface area contributed by atoms with Crippen molar-refractivity contribution in [3.63, 3.8) is 0 Å². The second-order valence-electron chi connectivity index (χ2n) is 5.01. The first-order valence-electron chi connectivity index (χ1n) is 6.25. The molecular formula is C14H15BrO3. The molecule has 0 unspecified atom stereocenters. The van der Waals surface area contributed by atoms with Gasteiger partial charge in [-0.1, -0.05) is 15.9 Å². The molecule has 4 heteroatoms. The van der Waals surface area contributed by atoms with Gasteiger partial charge in [0.2, 0.25) is 0 Å². The summed E-state index contributed by atoms with van der Waals surface area (Å²) in [5, 5.41) is 0. The first-order valence-corrected chi connectivity index (χ1v) is 7.04. The van der Waals surface area contributed by atoms with Crippen LogP contribution in [-0.4, -0.2) is 24.1 Å². The Hall–Kier alpha value is -0.870. The van der Waals surface area contributed by atoms with E-state index in [0.717, 1.165) is 23.9 Å². The van der Waals surface area contributed by atoms with E-state index >= 15 is 0 Å². The summed E-state index contributed by atoms with van der Waals surface area (Å²) in [5.74, 6) is 0.886. The van der Waals surface area contributed by atoms with Gasteiger partial charge in [0.25, 0.3) is 0 Å². The molecular weight excluding hydrogens is 296 g/mol. The SMILES string of the molecule is CCOC1CC2(CC(=O)c3cc(Br)ccc3O2)C1. The van der Waals surface area contributed by atoms with Crippen molar-refractivity contribution in [1.82, 2.24) is 0 Å². The maximum Gasteiger partial charge on any atom is 0.170 e. The lowest BCUT2D eigenvalue weighted by Crippen LogP contribution is -2.55. The van der Waals surface area contributed by atoms with E-state index in [4.69, 9.17) is 9.47 Å². The van der Waals surface area contributed by atoms with Crippen molar-refractivity contribution in [3.8, 4) is 5.75 Å². The second kappa shape index (κ2) is 4.35. The summed E-state index contributed by atoms with van der Waals surface area (Å²) in [4.78, 5) is 12.2. The van der Waals surface area contributed by atoms with Gasteiger partial charge in [-0.25, -0.2) is 0 Å². The molecule has 1 heterocycles. The zero-order valence-electron chi connectivity index (χ0n) is 10.2. The van der Waals surface area contributed by atoms with Gasteiger partial charge < -0.3 is 9.47 Å². The highest BCUT2D eigenvalue weighted by molar-refractivity contribution is 9.10. The van der Waals surface area contributed by atoms with Crippen LogP contribution >= 0.6 is 15.9 Å². The molecule has 1 saturated carbocycles. The fraction of sp³-hybridized carbons (Fsp3) is 0.500. The van der Waals surface area contributed by atoms with Crippen LogP contribution in [0.4, 0.5) is 0 Å². The van der Waals surface area contributed by atoms with Gasteiger partial charge in [0.15, 0.2) is 5.78 Å². The maximum absolute atomic E-state index is 12.2. The quantitative estimate of drug-likeness (QED) is 0.840. The largest absolute Gasteiger partial charge is 0.486 e. The predicted octanol–water partition coefficient (Wildman–Crippen LogP) is 3.35. The van der Waals surface area contributed by atoms with Crippen molar-refractivity contribution in [2.24, 2.45) is 0 Å². The molecule has 0 amide bonds. The lowest BCUT2D eigenvalue weighted by atomic mass is 9.72. The lowest BCUT2D eigenvalue weighted by molar-refractivity contribution is -0.123. The lowest BCUT2D eigenvalue weighted by Gasteiger charge is -2.48. The minimum atomic E-state index is -0.308. The smallest absolute Gasteiger partial charge is 0.170 e. The van der Waals surface area contributed by atoms with Gasteiger partial charge in [0.1, 0.15) is 11.4 Å². The molecule has 3 rings (SSSR count). The van der Waals surface area contributed by atoms with Crippen molar-refractivity contribution >= 4 is 21.7 Å². The minimum absolute atomic E-state index is 0.174. The van der Waals surface area contributed by atoms with Crippen molar-refractivity contribution < 1.29 is 14.3 Å². The molecule has 0 atom stereocenters. The minimum Gasteiger partial charge on any atom is -0.486 e. The van der Waals surface area contributed by atoms with Crippen LogP contribution in [0.5, 0.6) is 5.75 Å².